The fourth-order valence-electron chi connectivity index (χ4n) is 7.80. The van der Waals surface area contributed by atoms with E-state index in [1.807, 2.05) is 6.92 Å². The van der Waals surface area contributed by atoms with Crippen molar-refractivity contribution < 1.29 is 23.9 Å². The molecule has 0 aliphatic heterocycles. The van der Waals surface area contributed by atoms with Gasteiger partial charge in [0.15, 0.2) is 0 Å². The lowest BCUT2D eigenvalue weighted by molar-refractivity contribution is -0.171. The minimum Gasteiger partial charge on any atom is -0.469 e. The van der Waals surface area contributed by atoms with Gasteiger partial charge in [0.2, 0.25) is 0 Å². The monoisotopic (exact) mass is 390 g/mol. The summed E-state index contributed by atoms with van der Waals surface area (Å²) in [5, 5.41) is 0. The Kier molecular flexibility index (Phi) is 4.86. The third-order valence-corrected chi connectivity index (χ3v) is 9.30. The molecule has 5 nitrogen and oxygen atoms in total. The van der Waals surface area contributed by atoms with Gasteiger partial charge in [0.25, 0.3) is 0 Å². The zero-order valence-corrected chi connectivity index (χ0v) is 17.7. The number of fused-ring (bicyclic) bond motifs is 5. The van der Waals surface area contributed by atoms with Crippen molar-refractivity contribution in [3.8, 4) is 0 Å². The number of esters is 2. The second kappa shape index (κ2) is 6.84. The first-order chi connectivity index (χ1) is 13.2. The van der Waals surface area contributed by atoms with Crippen molar-refractivity contribution in [2.75, 3.05) is 7.11 Å². The predicted molar refractivity (Wildman–Crippen MR) is 103 cm³/mol. The van der Waals surface area contributed by atoms with Gasteiger partial charge in [-0.3, -0.25) is 14.4 Å². The van der Waals surface area contributed by atoms with E-state index in [0.717, 1.165) is 44.9 Å². The molecule has 4 aliphatic carbocycles. The summed E-state index contributed by atoms with van der Waals surface area (Å²) < 4.78 is 10.6. The van der Waals surface area contributed by atoms with Crippen molar-refractivity contribution in [1.82, 2.24) is 0 Å². The van der Waals surface area contributed by atoms with Gasteiger partial charge in [-0.1, -0.05) is 13.8 Å². The lowest BCUT2D eigenvalue weighted by atomic mass is 9.44. The molecule has 0 spiro atoms. The molecule has 4 rings (SSSR count). The quantitative estimate of drug-likeness (QED) is 0.668. The molecule has 0 unspecified atom stereocenters. The standard InChI is InChI=1S/C23H34O5/c1-13(24)28-15-9-10-22(2)14(11-15)5-6-16-17-7-8-18(21(26)27-4)23(17,3)20(25)12-19(16)22/h14-19H,5-12H2,1-4H3/t14-,15+,16+,17+,18-,19+,22-,23+/m0/s1. The van der Waals surface area contributed by atoms with Gasteiger partial charge in [-0.15, -0.1) is 0 Å². The molecule has 156 valence electrons. The van der Waals surface area contributed by atoms with Crippen molar-refractivity contribution in [3.63, 3.8) is 0 Å². The molecule has 5 heteroatoms. The lowest BCUT2D eigenvalue weighted by Crippen LogP contribution is -2.57. The highest BCUT2D eigenvalue weighted by Gasteiger charge is 2.65. The predicted octanol–water partition coefficient (Wildman–Crippen LogP) is 3.93. The maximum absolute atomic E-state index is 13.4. The third kappa shape index (κ3) is 2.75. The maximum Gasteiger partial charge on any atom is 0.309 e. The van der Waals surface area contributed by atoms with Crippen LogP contribution in [-0.4, -0.2) is 30.9 Å². The number of ketones is 1. The average molecular weight is 391 g/mol. The molecule has 28 heavy (non-hydrogen) atoms. The molecule has 0 saturated heterocycles. The van der Waals surface area contributed by atoms with Crippen molar-refractivity contribution in [2.45, 2.75) is 78.2 Å². The Morgan fingerprint density at radius 2 is 1.79 bits per heavy atom. The number of carbonyl (C=O) groups excluding carboxylic acids is 3. The van der Waals surface area contributed by atoms with E-state index in [-0.39, 0.29) is 35.2 Å². The second-order valence-corrected chi connectivity index (χ2v) is 10.2. The summed E-state index contributed by atoms with van der Waals surface area (Å²) in [6.07, 6.45) is 7.48. The van der Waals surface area contributed by atoms with Crippen LogP contribution < -0.4 is 0 Å². The Bertz CT molecular complexity index is 686. The van der Waals surface area contributed by atoms with Crippen molar-refractivity contribution in [3.05, 3.63) is 0 Å². The second-order valence-electron chi connectivity index (χ2n) is 10.2. The number of carbonyl (C=O) groups is 3. The van der Waals surface area contributed by atoms with Gasteiger partial charge >= 0.3 is 11.9 Å². The smallest absolute Gasteiger partial charge is 0.309 e. The van der Waals surface area contributed by atoms with Crippen LogP contribution in [0.4, 0.5) is 0 Å². The molecule has 4 aliphatic rings. The van der Waals surface area contributed by atoms with E-state index in [2.05, 4.69) is 6.92 Å². The van der Waals surface area contributed by atoms with Crippen LogP contribution in [0, 0.1) is 40.4 Å². The van der Waals surface area contributed by atoms with Gasteiger partial charge in [-0.2, -0.15) is 0 Å². The molecule has 0 bridgehead atoms. The molecule has 4 saturated carbocycles. The first-order valence-electron chi connectivity index (χ1n) is 11.0. The molecule has 0 aromatic heterocycles. The van der Waals surface area contributed by atoms with E-state index in [1.165, 1.54) is 14.0 Å². The van der Waals surface area contributed by atoms with Crippen molar-refractivity contribution >= 4 is 17.7 Å². The largest absolute Gasteiger partial charge is 0.469 e. The third-order valence-electron chi connectivity index (χ3n) is 9.30. The molecule has 0 radical (unpaired) electrons. The molecule has 0 amide bonds. The lowest BCUT2D eigenvalue weighted by Gasteiger charge is -2.60. The van der Waals surface area contributed by atoms with E-state index >= 15 is 0 Å². The SMILES string of the molecule is COC(=O)[C@@H]1CC[C@@H]2[C@H]3CC[C@H]4C[C@H](OC(C)=O)CC[C@]4(C)[C@@H]3CC(=O)[C@]21C. The number of hydrogen-bond donors (Lipinski definition) is 0. The summed E-state index contributed by atoms with van der Waals surface area (Å²) in [7, 11) is 1.43. The number of hydrogen-bond acceptors (Lipinski definition) is 5. The fourth-order valence-corrected chi connectivity index (χ4v) is 7.80. The number of methoxy groups -OCH3 is 1. The average Bonchev–Trinajstić information content (AvgIpc) is 3.01. The van der Waals surface area contributed by atoms with Crippen LogP contribution in [0.1, 0.15) is 72.1 Å². The number of Topliss-reactive ketones (excluding diaryl/α,β-unsaturated/α-hetero) is 1. The van der Waals surface area contributed by atoms with Crippen LogP contribution in [0.2, 0.25) is 0 Å². The summed E-state index contributed by atoms with van der Waals surface area (Å²) in [4.78, 5) is 37.2. The molecule has 4 fully saturated rings. The zero-order valence-electron chi connectivity index (χ0n) is 17.7. The Balaban J connectivity index is 1.58. The summed E-state index contributed by atoms with van der Waals surface area (Å²) >= 11 is 0. The Hall–Kier alpha value is -1.39. The summed E-state index contributed by atoms with van der Waals surface area (Å²) in [6.45, 7) is 5.90. The first-order valence-corrected chi connectivity index (χ1v) is 11.0. The number of rotatable bonds is 2. The topological polar surface area (TPSA) is 69.7 Å². The van der Waals surface area contributed by atoms with E-state index in [9.17, 15) is 14.4 Å². The normalized spacial score (nSPS) is 47.5. The van der Waals surface area contributed by atoms with E-state index < -0.39 is 5.41 Å². The number of ether oxygens (including phenoxy) is 2. The van der Waals surface area contributed by atoms with E-state index in [0.29, 0.717) is 30.1 Å². The minimum absolute atomic E-state index is 0.0341. The van der Waals surface area contributed by atoms with Gasteiger partial charge in [0.1, 0.15) is 11.9 Å². The molecular weight excluding hydrogens is 356 g/mol. The van der Waals surface area contributed by atoms with Crippen LogP contribution in [0.25, 0.3) is 0 Å². The molecule has 0 aromatic carbocycles. The van der Waals surface area contributed by atoms with Gasteiger partial charge < -0.3 is 9.47 Å². The first kappa shape index (κ1) is 19.9. The van der Waals surface area contributed by atoms with Crippen molar-refractivity contribution in [2.24, 2.45) is 40.4 Å². The molecule has 0 heterocycles. The van der Waals surface area contributed by atoms with Crippen LogP contribution in [-0.2, 0) is 23.9 Å². The Morgan fingerprint density at radius 3 is 2.46 bits per heavy atom. The molecule has 0 aromatic rings. The molecule has 0 N–H and O–H groups in total. The van der Waals surface area contributed by atoms with Gasteiger partial charge in [-0.25, -0.2) is 0 Å². The molecular formula is C23H34O5. The molecule has 8 atom stereocenters. The van der Waals surface area contributed by atoms with E-state index in [4.69, 9.17) is 9.47 Å². The van der Waals surface area contributed by atoms with Gasteiger partial charge in [-0.05, 0) is 74.0 Å². The van der Waals surface area contributed by atoms with Gasteiger partial charge in [0.05, 0.1) is 13.0 Å². The van der Waals surface area contributed by atoms with Gasteiger partial charge in [0, 0.05) is 18.8 Å². The highest BCUT2D eigenvalue weighted by Crippen LogP contribution is 2.66. The Labute approximate surface area is 167 Å². The maximum atomic E-state index is 13.4. The highest BCUT2D eigenvalue weighted by molar-refractivity contribution is 5.92. The Morgan fingerprint density at radius 1 is 1.04 bits per heavy atom. The fraction of sp³-hybridized carbons (Fsp3) is 0.870. The van der Waals surface area contributed by atoms with Crippen LogP contribution in [0.15, 0.2) is 0 Å². The van der Waals surface area contributed by atoms with Crippen molar-refractivity contribution in [1.29, 1.82) is 0 Å². The summed E-state index contributed by atoms with van der Waals surface area (Å²) in [5.41, 5.74) is -0.410. The van der Waals surface area contributed by atoms with Crippen LogP contribution >= 0.6 is 0 Å². The van der Waals surface area contributed by atoms with E-state index in [1.54, 1.807) is 0 Å². The minimum atomic E-state index is -0.549. The van der Waals surface area contributed by atoms with Crippen LogP contribution in [0.3, 0.4) is 0 Å². The van der Waals surface area contributed by atoms with Crippen LogP contribution in [0.5, 0.6) is 0 Å². The zero-order chi connectivity index (χ0) is 20.3. The summed E-state index contributed by atoms with van der Waals surface area (Å²) in [6, 6.07) is 0. The summed E-state index contributed by atoms with van der Waals surface area (Å²) in [5.74, 6) is 1.32. The highest BCUT2D eigenvalue weighted by atomic mass is 16.5.